The second kappa shape index (κ2) is 4.68. The third-order valence-corrected chi connectivity index (χ3v) is 4.24. The van der Waals surface area contributed by atoms with Gasteiger partial charge in [0.1, 0.15) is 5.01 Å². The molecule has 4 heteroatoms. The molecule has 1 aromatic rings. The monoisotopic (exact) mass is 308 g/mol. The molecule has 0 spiro atoms. The summed E-state index contributed by atoms with van der Waals surface area (Å²) in [5, 5.41) is 9.44. The SMILES string of the molecule is Ic1nnc(CC2CCCCC2)s1. The second-order valence-corrected chi connectivity index (χ2v) is 6.47. The van der Waals surface area contributed by atoms with Crippen molar-refractivity contribution in [2.75, 3.05) is 0 Å². The van der Waals surface area contributed by atoms with Crippen molar-refractivity contribution in [3.8, 4) is 0 Å². The molecule has 0 bridgehead atoms. The molecular weight excluding hydrogens is 295 g/mol. The zero-order valence-corrected chi connectivity index (χ0v) is 10.5. The van der Waals surface area contributed by atoms with Gasteiger partial charge in [-0.1, -0.05) is 43.4 Å². The third kappa shape index (κ3) is 2.87. The molecule has 1 fully saturated rings. The lowest BCUT2D eigenvalue weighted by Crippen LogP contribution is -2.08. The Morgan fingerprint density at radius 3 is 2.62 bits per heavy atom. The van der Waals surface area contributed by atoms with Crippen LogP contribution in [0, 0.1) is 8.93 Å². The molecule has 2 nitrogen and oxygen atoms in total. The molecule has 72 valence electrons. The molecule has 0 atom stereocenters. The van der Waals surface area contributed by atoms with Crippen LogP contribution in [0.15, 0.2) is 0 Å². The summed E-state index contributed by atoms with van der Waals surface area (Å²) in [5.74, 6) is 0.887. The van der Waals surface area contributed by atoms with E-state index in [1.807, 2.05) is 0 Å². The highest BCUT2D eigenvalue weighted by Crippen LogP contribution is 2.27. The standard InChI is InChI=1S/C9H13IN2S/c10-9-12-11-8(13-9)6-7-4-2-1-3-5-7/h7H,1-6H2. The van der Waals surface area contributed by atoms with E-state index in [0.717, 1.165) is 8.93 Å². The summed E-state index contributed by atoms with van der Waals surface area (Å²) >= 11 is 3.99. The van der Waals surface area contributed by atoms with Gasteiger partial charge in [0, 0.05) is 6.42 Å². The van der Waals surface area contributed by atoms with Crippen LogP contribution in [0.1, 0.15) is 37.1 Å². The van der Waals surface area contributed by atoms with Gasteiger partial charge in [-0.15, -0.1) is 10.2 Å². The van der Waals surface area contributed by atoms with Crippen LogP contribution in [0.3, 0.4) is 0 Å². The van der Waals surface area contributed by atoms with Gasteiger partial charge >= 0.3 is 0 Å². The third-order valence-electron chi connectivity index (χ3n) is 2.63. The molecule has 0 radical (unpaired) electrons. The largest absolute Gasteiger partial charge is 0.178 e. The highest BCUT2D eigenvalue weighted by Gasteiger charge is 2.15. The fourth-order valence-corrected chi connectivity index (χ4v) is 3.50. The Kier molecular flexibility index (Phi) is 3.54. The van der Waals surface area contributed by atoms with Crippen molar-refractivity contribution in [2.24, 2.45) is 5.92 Å². The van der Waals surface area contributed by atoms with Crippen LogP contribution in [0.4, 0.5) is 0 Å². The van der Waals surface area contributed by atoms with Crippen molar-refractivity contribution in [1.29, 1.82) is 0 Å². The lowest BCUT2D eigenvalue weighted by Gasteiger charge is -2.19. The first-order valence-corrected chi connectivity index (χ1v) is 6.72. The van der Waals surface area contributed by atoms with Crippen LogP contribution in [-0.2, 0) is 6.42 Å². The molecular formula is C9H13IN2S. The Morgan fingerprint density at radius 2 is 2.00 bits per heavy atom. The Hall–Kier alpha value is 0.290. The summed E-state index contributed by atoms with van der Waals surface area (Å²) in [6.07, 6.45) is 8.23. The summed E-state index contributed by atoms with van der Waals surface area (Å²) in [6.45, 7) is 0. The lowest BCUT2D eigenvalue weighted by molar-refractivity contribution is 0.356. The van der Waals surface area contributed by atoms with Crippen LogP contribution in [0.2, 0.25) is 0 Å². The Labute approximate surface area is 96.3 Å². The van der Waals surface area contributed by atoms with E-state index in [2.05, 4.69) is 32.8 Å². The van der Waals surface area contributed by atoms with Crippen molar-refractivity contribution in [1.82, 2.24) is 10.2 Å². The zero-order chi connectivity index (χ0) is 9.10. The van der Waals surface area contributed by atoms with Gasteiger partial charge in [-0.2, -0.15) is 0 Å². The van der Waals surface area contributed by atoms with Gasteiger partial charge < -0.3 is 0 Å². The number of hydrogen-bond acceptors (Lipinski definition) is 3. The van der Waals surface area contributed by atoms with Crippen LogP contribution in [-0.4, -0.2) is 10.2 Å². The van der Waals surface area contributed by atoms with Crippen molar-refractivity contribution >= 4 is 33.9 Å². The van der Waals surface area contributed by atoms with E-state index in [4.69, 9.17) is 0 Å². The van der Waals surface area contributed by atoms with Crippen molar-refractivity contribution in [2.45, 2.75) is 38.5 Å². The molecule has 0 aliphatic heterocycles. The zero-order valence-electron chi connectivity index (χ0n) is 7.50. The fraction of sp³-hybridized carbons (Fsp3) is 0.778. The average molecular weight is 308 g/mol. The number of halogens is 1. The molecule has 0 saturated heterocycles. The molecule has 2 rings (SSSR count). The minimum Gasteiger partial charge on any atom is -0.143 e. The van der Waals surface area contributed by atoms with Gasteiger partial charge in [-0.25, -0.2) is 0 Å². The summed E-state index contributed by atoms with van der Waals surface area (Å²) in [7, 11) is 0. The number of aromatic nitrogens is 2. The maximum atomic E-state index is 4.17. The van der Waals surface area contributed by atoms with E-state index in [1.54, 1.807) is 11.3 Å². The van der Waals surface area contributed by atoms with Crippen LogP contribution in [0.5, 0.6) is 0 Å². The summed E-state index contributed by atoms with van der Waals surface area (Å²) in [5.41, 5.74) is 0. The van der Waals surface area contributed by atoms with E-state index in [-0.39, 0.29) is 0 Å². The number of rotatable bonds is 2. The average Bonchev–Trinajstić information content (AvgIpc) is 2.53. The molecule has 1 aliphatic carbocycles. The fourth-order valence-electron chi connectivity index (χ4n) is 1.95. The number of hydrogen-bond donors (Lipinski definition) is 0. The molecule has 1 aromatic heterocycles. The highest BCUT2D eigenvalue weighted by molar-refractivity contribution is 14.1. The van der Waals surface area contributed by atoms with Crippen molar-refractivity contribution < 1.29 is 0 Å². The van der Waals surface area contributed by atoms with E-state index < -0.39 is 0 Å². The minimum absolute atomic E-state index is 0.887. The first-order chi connectivity index (χ1) is 6.34. The summed E-state index contributed by atoms with van der Waals surface area (Å²) in [4.78, 5) is 0. The Balaban J connectivity index is 1.89. The molecule has 0 amide bonds. The maximum absolute atomic E-state index is 4.17. The van der Waals surface area contributed by atoms with E-state index in [0.29, 0.717) is 0 Å². The Morgan fingerprint density at radius 1 is 1.23 bits per heavy atom. The molecule has 1 heterocycles. The lowest BCUT2D eigenvalue weighted by atomic mass is 9.87. The van der Waals surface area contributed by atoms with Gasteiger partial charge in [0.15, 0.2) is 3.01 Å². The highest BCUT2D eigenvalue weighted by atomic mass is 127. The molecule has 13 heavy (non-hydrogen) atoms. The maximum Gasteiger partial charge on any atom is 0.178 e. The molecule has 0 aromatic carbocycles. The number of nitrogens with zero attached hydrogens (tertiary/aromatic N) is 2. The normalized spacial score (nSPS) is 19.2. The molecule has 0 N–H and O–H groups in total. The Bertz CT molecular complexity index is 268. The minimum atomic E-state index is 0.887. The predicted molar refractivity (Wildman–Crippen MR) is 62.9 cm³/mol. The van der Waals surface area contributed by atoms with Gasteiger partial charge in [0.25, 0.3) is 0 Å². The van der Waals surface area contributed by atoms with Crippen LogP contribution in [0.25, 0.3) is 0 Å². The van der Waals surface area contributed by atoms with Crippen LogP contribution >= 0.6 is 33.9 Å². The molecule has 1 saturated carbocycles. The second-order valence-electron chi connectivity index (χ2n) is 3.66. The van der Waals surface area contributed by atoms with Gasteiger partial charge in [-0.05, 0) is 28.5 Å². The smallest absolute Gasteiger partial charge is 0.143 e. The topological polar surface area (TPSA) is 25.8 Å². The van der Waals surface area contributed by atoms with E-state index in [9.17, 15) is 0 Å². The van der Waals surface area contributed by atoms with E-state index in [1.165, 1.54) is 43.5 Å². The van der Waals surface area contributed by atoms with Crippen molar-refractivity contribution in [3.05, 3.63) is 8.02 Å². The van der Waals surface area contributed by atoms with Gasteiger partial charge in [-0.3, -0.25) is 0 Å². The quantitative estimate of drug-likeness (QED) is 0.784. The van der Waals surface area contributed by atoms with Crippen LogP contribution < -0.4 is 0 Å². The summed E-state index contributed by atoms with van der Waals surface area (Å²) < 4.78 is 1.07. The first kappa shape index (κ1) is 9.83. The van der Waals surface area contributed by atoms with Crippen molar-refractivity contribution in [3.63, 3.8) is 0 Å². The first-order valence-electron chi connectivity index (χ1n) is 4.82. The summed E-state index contributed by atoms with van der Waals surface area (Å²) in [6, 6.07) is 0. The molecule has 0 unspecified atom stereocenters. The van der Waals surface area contributed by atoms with E-state index >= 15 is 0 Å². The van der Waals surface area contributed by atoms with Gasteiger partial charge in [0.2, 0.25) is 0 Å². The van der Waals surface area contributed by atoms with Gasteiger partial charge in [0.05, 0.1) is 0 Å². The predicted octanol–water partition coefficient (Wildman–Crippen LogP) is 3.27. The molecule has 1 aliphatic rings.